The number of amides is 5. The quantitative estimate of drug-likeness (QED) is 0.134. The average molecular weight is 564 g/mol. The van der Waals surface area contributed by atoms with Gasteiger partial charge in [-0.05, 0) is 43.9 Å². The number of hydrogen-bond donors (Lipinski definition) is 4. The summed E-state index contributed by atoms with van der Waals surface area (Å²) >= 11 is 0. The van der Waals surface area contributed by atoms with E-state index in [9.17, 15) is 24.0 Å². The summed E-state index contributed by atoms with van der Waals surface area (Å²) in [5.74, 6) is -1.75. The van der Waals surface area contributed by atoms with Crippen molar-refractivity contribution in [1.29, 1.82) is 0 Å². The van der Waals surface area contributed by atoms with Crippen LogP contribution in [-0.4, -0.2) is 89.9 Å². The van der Waals surface area contributed by atoms with E-state index in [4.69, 9.17) is 5.73 Å². The van der Waals surface area contributed by atoms with Crippen LogP contribution in [0.1, 0.15) is 86.0 Å². The fourth-order valence-corrected chi connectivity index (χ4v) is 4.96. The number of nitrogens with zero attached hydrogens (tertiary/aromatic N) is 3. The average Bonchev–Trinajstić information content (AvgIpc) is 3.34. The molecule has 2 rings (SSSR count). The number of primary amides is 1. The van der Waals surface area contributed by atoms with Gasteiger partial charge >= 0.3 is 6.03 Å². The minimum Gasteiger partial charge on any atom is -0.363 e. The Morgan fingerprint density at radius 3 is 2.35 bits per heavy atom. The molecule has 5 N–H and O–H groups in total. The maximum atomic E-state index is 13.6. The largest absolute Gasteiger partial charge is 0.363 e. The van der Waals surface area contributed by atoms with Gasteiger partial charge in [-0.2, -0.15) is 5.10 Å². The van der Waals surface area contributed by atoms with Gasteiger partial charge in [-0.25, -0.2) is 4.79 Å². The second-order valence-electron chi connectivity index (χ2n) is 11.9. The van der Waals surface area contributed by atoms with Crippen LogP contribution in [0.2, 0.25) is 0 Å². The molecule has 0 aromatic carbocycles. The van der Waals surface area contributed by atoms with E-state index in [0.29, 0.717) is 38.4 Å². The number of hydrogen-bond acceptors (Lipinski definition) is 7. The number of rotatable bonds is 15. The van der Waals surface area contributed by atoms with Gasteiger partial charge < -0.3 is 26.2 Å². The van der Waals surface area contributed by atoms with Crippen molar-refractivity contribution in [3.05, 3.63) is 0 Å². The van der Waals surface area contributed by atoms with Gasteiger partial charge in [-0.1, -0.05) is 53.4 Å². The molecule has 3 unspecified atom stereocenters. The van der Waals surface area contributed by atoms with E-state index in [1.165, 1.54) is 0 Å². The van der Waals surface area contributed by atoms with Crippen LogP contribution in [0.25, 0.3) is 0 Å². The van der Waals surface area contributed by atoms with Crippen molar-refractivity contribution in [3.63, 3.8) is 0 Å². The van der Waals surface area contributed by atoms with Gasteiger partial charge in [0.25, 0.3) is 5.91 Å². The van der Waals surface area contributed by atoms with Gasteiger partial charge in [0.2, 0.25) is 17.6 Å². The molecule has 0 aromatic heterocycles. The van der Waals surface area contributed by atoms with Crippen LogP contribution in [0.4, 0.5) is 4.79 Å². The van der Waals surface area contributed by atoms with Gasteiger partial charge in [0.1, 0.15) is 12.1 Å². The number of nitrogens with two attached hydrogens (primary N) is 1. The van der Waals surface area contributed by atoms with Gasteiger partial charge in [0.05, 0.1) is 12.6 Å². The van der Waals surface area contributed by atoms with E-state index in [0.717, 1.165) is 38.5 Å². The van der Waals surface area contributed by atoms with E-state index in [1.807, 2.05) is 27.7 Å². The van der Waals surface area contributed by atoms with Crippen LogP contribution in [0.5, 0.6) is 0 Å². The number of likely N-dealkylation sites (tertiary alicyclic amines) is 1. The Morgan fingerprint density at radius 1 is 1.10 bits per heavy atom. The molecule has 0 bridgehead atoms. The lowest BCUT2D eigenvalue weighted by molar-refractivity contribution is -0.137. The molecule has 226 valence electrons. The van der Waals surface area contributed by atoms with Crippen molar-refractivity contribution in [1.82, 2.24) is 25.9 Å². The Kier molecular flexibility index (Phi) is 12.9. The van der Waals surface area contributed by atoms with Crippen LogP contribution in [-0.2, 0) is 19.2 Å². The molecule has 1 saturated heterocycles. The first-order chi connectivity index (χ1) is 18.9. The highest BCUT2D eigenvalue weighted by molar-refractivity contribution is 6.37. The second kappa shape index (κ2) is 15.6. The molecule has 3 atom stereocenters. The first-order valence-electron chi connectivity index (χ1n) is 14.6. The van der Waals surface area contributed by atoms with E-state index in [1.54, 1.807) is 16.0 Å². The number of ketones is 1. The third kappa shape index (κ3) is 9.78. The molecule has 2 fully saturated rings. The summed E-state index contributed by atoms with van der Waals surface area (Å²) in [4.78, 5) is 66.0. The summed E-state index contributed by atoms with van der Waals surface area (Å²) in [5, 5.41) is 9.62. The van der Waals surface area contributed by atoms with E-state index in [-0.39, 0.29) is 24.4 Å². The minimum absolute atomic E-state index is 0.148. The molecule has 12 heteroatoms. The molecular weight excluding hydrogens is 514 g/mol. The predicted molar refractivity (Wildman–Crippen MR) is 153 cm³/mol. The summed E-state index contributed by atoms with van der Waals surface area (Å²) in [6.45, 7) is 11.1. The number of nitrogens with one attached hydrogen (secondary N) is 3. The van der Waals surface area contributed by atoms with Gasteiger partial charge in [-0.3, -0.25) is 24.6 Å². The number of hydrazone groups is 1. The Hall–Kier alpha value is -3.18. The molecule has 0 spiro atoms. The van der Waals surface area contributed by atoms with Gasteiger partial charge in [0, 0.05) is 25.8 Å². The lowest BCUT2D eigenvalue weighted by Gasteiger charge is -2.35. The van der Waals surface area contributed by atoms with E-state index >= 15 is 0 Å². The zero-order valence-electron chi connectivity index (χ0n) is 24.8. The van der Waals surface area contributed by atoms with Crippen LogP contribution in [0.15, 0.2) is 5.10 Å². The number of likely N-dealkylation sites (N-methyl/N-ethyl adjacent to an activating group) is 1. The van der Waals surface area contributed by atoms with Crippen molar-refractivity contribution in [2.24, 2.45) is 22.2 Å². The number of carbonyl (C=O) groups is 5. The lowest BCUT2D eigenvalue weighted by Crippen LogP contribution is -2.58. The molecule has 5 amide bonds. The maximum absolute atomic E-state index is 13.6. The third-order valence-corrected chi connectivity index (χ3v) is 7.72. The molecule has 40 heavy (non-hydrogen) atoms. The molecule has 1 aliphatic carbocycles. The number of urea groups is 1. The number of Topliss-reactive ketones (excluding diaryl/α,β-unsaturated/α-hetero) is 1. The molecule has 1 aliphatic heterocycles. The molecule has 1 heterocycles. The maximum Gasteiger partial charge on any atom is 0.315 e. The highest BCUT2D eigenvalue weighted by Gasteiger charge is 2.39. The minimum atomic E-state index is -0.993. The second-order valence-corrected chi connectivity index (χ2v) is 11.9. The van der Waals surface area contributed by atoms with Gasteiger partial charge in [0.15, 0.2) is 0 Å². The molecule has 0 aromatic rings. The summed E-state index contributed by atoms with van der Waals surface area (Å²) < 4.78 is 0. The fraction of sp³-hybridized carbons (Fsp3) is 0.786. The first kappa shape index (κ1) is 33.0. The molecule has 2 aliphatic rings. The van der Waals surface area contributed by atoms with Crippen LogP contribution >= 0.6 is 0 Å². The zero-order chi connectivity index (χ0) is 29.9. The third-order valence-electron chi connectivity index (χ3n) is 7.72. The summed E-state index contributed by atoms with van der Waals surface area (Å²) in [7, 11) is 0. The molecule has 0 radical (unpaired) electrons. The monoisotopic (exact) mass is 563 g/mol. The smallest absolute Gasteiger partial charge is 0.315 e. The summed E-state index contributed by atoms with van der Waals surface area (Å²) in [6.07, 6.45) is 8.51. The van der Waals surface area contributed by atoms with Crippen molar-refractivity contribution in [3.8, 4) is 0 Å². The summed E-state index contributed by atoms with van der Waals surface area (Å²) in [6, 6.07) is -2.54. The van der Waals surface area contributed by atoms with Crippen molar-refractivity contribution < 1.29 is 24.0 Å². The molecule has 1 saturated carbocycles. The zero-order valence-corrected chi connectivity index (χ0v) is 24.8. The Labute approximate surface area is 238 Å². The van der Waals surface area contributed by atoms with Crippen LogP contribution < -0.4 is 21.8 Å². The van der Waals surface area contributed by atoms with Crippen molar-refractivity contribution >= 4 is 35.8 Å². The van der Waals surface area contributed by atoms with E-state index in [2.05, 4.69) is 28.1 Å². The van der Waals surface area contributed by atoms with Crippen molar-refractivity contribution in [2.45, 2.75) is 104 Å². The Bertz CT molecular complexity index is 928. The fourth-order valence-electron chi connectivity index (χ4n) is 4.96. The van der Waals surface area contributed by atoms with Crippen molar-refractivity contribution in [2.75, 3.05) is 26.2 Å². The number of unbranched alkanes of at least 4 members (excludes halogenated alkanes) is 1. The molecular formula is C28H49N7O5. The number of carbonyl (C=O) groups excluding carboxylic acids is 5. The van der Waals surface area contributed by atoms with Crippen LogP contribution in [0.3, 0.4) is 0 Å². The predicted octanol–water partition coefficient (Wildman–Crippen LogP) is 1.53. The first-order valence-corrected chi connectivity index (χ1v) is 14.6. The molecule has 12 nitrogen and oxygen atoms in total. The normalized spacial score (nSPS) is 19.0. The highest BCUT2D eigenvalue weighted by atomic mass is 16.2. The Morgan fingerprint density at radius 2 is 1.80 bits per heavy atom. The standard InChI is InChI=1S/C28H49N7O5/c1-6-8-14-34(7-2)22(36)18-30-27(40)32-24(28(3,4)5)26(39)35-15-10-13-20(35)17-31-33-21(23(37)25(29)38)16-19-11-9-12-19/h17,19-21,24,33H,6-16,18H2,1-5H3,(H2,29,38)(H2,30,32,40). The Balaban J connectivity index is 2.01. The van der Waals surface area contributed by atoms with E-state index < -0.39 is 35.2 Å². The topological polar surface area (TPSA) is 166 Å². The van der Waals surface area contributed by atoms with Crippen LogP contribution in [0, 0.1) is 11.3 Å². The highest BCUT2D eigenvalue weighted by Crippen LogP contribution is 2.30. The van der Waals surface area contributed by atoms with Gasteiger partial charge in [-0.15, -0.1) is 0 Å². The summed E-state index contributed by atoms with van der Waals surface area (Å²) in [5.41, 5.74) is 7.43. The SMILES string of the molecule is CCCCN(CC)C(=O)CNC(=O)NC(C(=O)N1CCCC1C=NNC(CC1CCC1)C(=O)C(N)=O)C(C)(C)C. The lowest BCUT2D eigenvalue weighted by atomic mass is 9.80.